The van der Waals surface area contributed by atoms with Gasteiger partial charge in [-0.25, -0.2) is 4.98 Å². The third-order valence-corrected chi connectivity index (χ3v) is 4.27. The smallest absolute Gasteiger partial charge is 0.387 e. The first-order valence-electron chi connectivity index (χ1n) is 7.58. The van der Waals surface area contributed by atoms with Gasteiger partial charge >= 0.3 is 12.4 Å². The number of fused-ring (bicyclic) bond motifs is 1. The molecule has 2 aromatic rings. The Morgan fingerprint density at radius 2 is 1.84 bits per heavy atom. The topological polar surface area (TPSA) is 45.2 Å². The molecule has 0 radical (unpaired) electrons. The van der Waals surface area contributed by atoms with Gasteiger partial charge in [-0.05, 0) is 37.1 Å². The summed E-state index contributed by atoms with van der Waals surface area (Å²) in [5.74, 6) is 0. The van der Waals surface area contributed by atoms with Crippen LogP contribution < -0.4 is 5.32 Å². The van der Waals surface area contributed by atoms with E-state index < -0.39 is 41.3 Å². The second-order valence-electron chi connectivity index (χ2n) is 5.94. The van der Waals surface area contributed by atoms with Crippen molar-refractivity contribution in [2.75, 3.05) is 6.54 Å². The van der Waals surface area contributed by atoms with Gasteiger partial charge in [0.15, 0.2) is 0 Å². The molecular weight excluding hydrogens is 350 g/mol. The highest BCUT2D eigenvalue weighted by Crippen LogP contribution is 2.39. The quantitative estimate of drug-likeness (QED) is 0.790. The lowest BCUT2D eigenvalue weighted by molar-refractivity contribution is -0.142. The van der Waals surface area contributed by atoms with E-state index in [0.717, 1.165) is 12.5 Å². The monoisotopic (exact) mass is 364 g/mol. The molecule has 136 valence electrons. The second kappa shape index (κ2) is 6.14. The van der Waals surface area contributed by atoms with E-state index in [1.54, 1.807) is 0 Å². The molecule has 2 atom stereocenters. The number of para-hydroxylation sites is 1. The van der Waals surface area contributed by atoms with Crippen molar-refractivity contribution < 1.29 is 31.4 Å². The summed E-state index contributed by atoms with van der Waals surface area (Å²) < 4.78 is 78.9. The van der Waals surface area contributed by atoms with Gasteiger partial charge in [0.05, 0.1) is 17.2 Å². The first kappa shape index (κ1) is 17.9. The molecule has 1 fully saturated rings. The fourth-order valence-electron chi connectivity index (χ4n) is 3.09. The number of benzene rings is 1. The standard InChI is InChI=1S/C16H14F6N2O/c17-15(18,19)10-4-1-3-8-9(14(25)11-5-2-6-23-11)7-12(16(20,21)22)24-13(8)10/h1,3-4,7,11,14,23,25H,2,5-6H2/t11-,14+/m1/s1. The van der Waals surface area contributed by atoms with Crippen LogP contribution in [0.2, 0.25) is 0 Å². The van der Waals surface area contributed by atoms with Gasteiger partial charge in [-0.1, -0.05) is 12.1 Å². The Balaban J connectivity index is 2.27. The number of nitrogens with zero attached hydrogens (tertiary/aromatic N) is 1. The Morgan fingerprint density at radius 1 is 1.12 bits per heavy atom. The van der Waals surface area contributed by atoms with Gasteiger partial charge < -0.3 is 10.4 Å². The van der Waals surface area contributed by atoms with Crippen molar-refractivity contribution in [2.24, 2.45) is 0 Å². The van der Waals surface area contributed by atoms with Crippen molar-refractivity contribution >= 4 is 10.9 Å². The Kier molecular flexibility index (Phi) is 4.40. The summed E-state index contributed by atoms with van der Waals surface area (Å²) in [5.41, 5.74) is -3.73. The van der Waals surface area contributed by atoms with Gasteiger partial charge in [0.1, 0.15) is 5.69 Å². The summed E-state index contributed by atoms with van der Waals surface area (Å²) in [7, 11) is 0. The summed E-state index contributed by atoms with van der Waals surface area (Å²) in [6.45, 7) is 0.588. The molecule has 9 heteroatoms. The minimum absolute atomic E-state index is 0.135. The maximum atomic E-state index is 13.2. The molecule has 0 aliphatic carbocycles. The maximum absolute atomic E-state index is 13.2. The van der Waals surface area contributed by atoms with Crippen LogP contribution in [0.15, 0.2) is 24.3 Å². The van der Waals surface area contributed by atoms with Gasteiger partial charge in [0.2, 0.25) is 0 Å². The van der Waals surface area contributed by atoms with Crippen molar-refractivity contribution in [1.82, 2.24) is 10.3 Å². The molecule has 1 aromatic carbocycles. The molecule has 0 saturated carbocycles. The molecule has 0 bridgehead atoms. The molecule has 1 aliphatic heterocycles. The van der Waals surface area contributed by atoms with Crippen LogP contribution >= 0.6 is 0 Å². The molecule has 3 nitrogen and oxygen atoms in total. The zero-order chi connectivity index (χ0) is 18.4. The fraction of sp³-hybridized carbons (Fsp3) is 0.438. The molecule has 1 saturated heterocycles. The lowest BCUT2D eigenvalue weighted by Crippen LogP contribution is -2.29. The molecule has 2 N–H and O–H groups in total. The maximum Gasteiger partial charge on any atom is 0.433 e. The first-order valence-corrected chi connectivity index (χ1v) is 7.58. The Bertz CT molecular complexity index is 781. The lowest BCUT2D eigenvalue weighted by atomic mass is 9.95. The van der Waals surface area contributed by atoms with E-state index in [2.05, 4.69) is 10.3 Å². The number of pyridine rings is 1. The number of alkyl halides is 6. The average molecular weight is 364 g/mol. The van der Waals surface area contributed by atoms with Crippen LogP contribution in [-0.2, 0) is 12.4 Å². The molecule has 1 aromatic heterocycles. The number of halogens is 6. The van der Waals surface area contributed by atoms with Crippen molar-refractivity contribution in [3.05, 3.63) is 41.1 Å². The molecular formula is C16H14F6N2O. The Labute approximate surface area is 138 Å². The molecule has 3 rings (SSSR count). The highest BCUT2D eigenvalue weighted by molar-refractivity contribution is 5.86. The number of nitrogens with one attached hydrogen (secondary N) is 1. The lowest BCUT2D eigenvalue weighted by Gasteiger charge is -2.22. The predicted molar refractivity (Wildman–Crippen MR) is 77.7 cm³/mol. The van der Waals surface area contributed by atoms with Crippen molar-refractivity contribution in [3.63, 3.8) is 0 Å². The summed E-state index contributed by atoms with van der Waals surface area (Å²) in [4.78, 5) is 3.21. The van der Waals surface area contributed by atoms with E-state index in [-0.39, 0.29) is 10.9 Å². The van der Waals surface area contributed by atoms with Gasteiger partial charge in [0, 0.05) is 11.4 Å². The summed E-state index contributed by atoms with van der Waals surface area (Å²) >= 11 is 0. The van der Waals surface area contributed by atoms with Crippen LogP contribution in [0.3, 0.4) is 0 Å². The number of hydrogen-bond donors (Lipinski definition) is 2. The van der Waals surface area contributed by atoms with E-state index in [1.807, 2.05) is 0 Å². The SMILES string of the molecule is O[C@@H](c1cc(C(F)(F)F)nc2c(C(F)(F)F)cccc12)[C@H]1CCCN1. The molecule has 0 amide bonds. The molecule has 0 unspecified atom stereocenters. The van der Waals surface area contributed by atoms with Crippen LogP contribution in [0.25, 0.3) is 10.9 Å². The molecule has 2 heterocycles. The van der Waals surface area contributed by atoms with Gasteiger partial charge in [0.25, 0.3) is 0 Å². The number of aromatic nitrogens is 1. The Hall–Kier alpha value is -1.87. The number of hydrogen-bond acceptors (Lipinski definition) is 3. The minimum atomic E-state index is -4.93. The third-order valence-electron chi connectivity index (χ3n) is 4.27. The molecule has 0 spiro atoms. The fourth-order valence-corrected chi connectivity index (χ4v) is 3.09. The average Bonchev–Trinajstić information content (AvgIpc) is 3.05. The van der Waals surface area contributed by atoms with Gasteiger partial charge in [-0.2, -0.15) is 26.3 Å². The summed E-state index contributed by atoms with van der Waals surface area (Å²) in [6, 6.07) is 3.14. The van der Waals surface area contributed by atoms with Crippen LogP contribution in [0.5, 0.6) is 0 Å². The molecule has 25 heavy (non-hydrogen) atoms. The van der Waals surface area contributed by atoms with E-state index in [9.17, 15) is 31.4 Å². The van der Waals surface area contributed by atoms with Crippen molar-refractivity contribution in [3.8, 4) is 0 Å². The zero-order valence-corrected chi connectivity index (χ0v) is 12.7. The van der Waals surface area contributed by atoms with Crippen molar-refractivity contribution in [2.45, 2.75) is 37.3 Å². The van der Waals surface area contributed by atoms with Gasteiger partial charge in [-0.15, -0.1) is 0 Å². The van der Waals surface area contributed by atoms with E-state index in [4.69, 9.17) is 0 Å². The van der Waals surface area contributed by atoms with Crippen molar-refractivity contribution in [1.29, 1.82) is 0 Å². The largest absolute Gasteiger partial charge is 0.433 e. The highest BCUT2D eigenvalue weighted by Gasteiger charge is 2.38. The van der Waals surface area contributed by atoms with Crippen LogP contribution in [0.4, 0.5) is 26.3 Å². The summed E-state index contributed by atoms with van der Waals surface area (Å²) in [6.07, 6.45) is -9.90. The number of aliphatic hydroxyl groups is 1. The third kappa shape index (κ3) is 3.43. The predicted octanol–water partition coefficient (Wildman–Crippen LogP) is 4.06. The molecule has 1 aliphatic rings. The normalized spacial score (nSPS) is 20.2. The summed E-state index contributed by atoms with van der Waals surface area (Å²) in [5, 5.41) is 13.3. The van der Waals surface area contributed by atoms with Crippen LogP contribution in [-0.4, -0.2) is 22.7 Å². The van der Waals surface area contributed by atoms with Crippen LogP contribution in [0.1, 0.15) is 35.8 Å². The number of aliphatic hydroxyl groups excluding tert-OH is 1. The first-order chi connectivity index (χ1) is 11.6. The zero-order valence-electron chi connectivity index (χ0n) is 12.7. The van der Waals surface area contributed by atoms with E-state index in [1.165, 1.54) is 6.07 Å². The highest BCUT2D eigenvalue weighted by atomic mass is 19.4. The second-order valence-corrected chi connectivity index (χ2v) is 5.94. The number of rotatable bonds is 2. The van der Waals surface area contributed by atoms with E-state index in [0.29, 0.717) is 25.1 Å². The van der Waals surface area contributed by atoms with Gasteiger partial charge in [-0.3, -0.25) is 0 Å². The minimum Gasteiger partial charge on any atom is -0.387 e. The van der Waals surface area contributed by atoms with E-state index >= 15 is 0 Å². The Morgan fingerprint density at radius 3 is 2.40 bits per heavy atom. The van der Waals surface area contributed by atoms with Crippen LogP contribution in [0, 0.1) is 0 Å².